The van der Waals surface area contributed by atoms with Crippen molar-refractivity contribution in [1.29, 1.82) is 0 Å². The fourth-order valence-electron chi connectivity index (χ4n) is 2.60. The number of hydrogen-bond donors (Lipinski definition) is 0. The molecule has 0 nitrogen and oxygen atoms in total. The maximum Gasteiger partial charge on any atom is 0.0620 e. The van der Waals surface area contributed by atoms with Crippen LogP contribution >= 0.6 is 0 Å². The van der Waals surface area contributed by atoms with E-state index in [-0.39, 0.29) is 9.52 Å². The van der Waals surface area contributed by atoms with Gasteiger partial charge in [0.05, 0.1) is 9.52 Å². The average molecular weight is 262 g/mol. The molecule has 0 heterocycles. The summed E-state index contributed by atoms with van der Waals surface area (Å²) in [5, 5.41) is 4.23. The topological polar surface area (TPSA) is 0 Å². The van der Waals surface area contributed by atoms with Gasteiger partial charge in [-0.25, -0.2) is 0 Å². The summed E-state index contributed by atoms with van der Waals surface area (Å²) < 4.78 is 0. The van der Waals surface area contributed by atoms with Crippen molar-refractivity contribution in [3.8, 4) is 0 Å². The van der Waals surface area contributed by atoms with Gasteiger partial charge in [-0.15, -0.1) is 0 Å². The molecule has 0 unspecified atom stereocenters. The van der Waals surface area contributed by atoms with Gasteiger partial charge >= 0.3 is 0 Å². The molecule has 0 saturated carbocycles. The summed E-state index contributed by atoms with van der Waals surface area (Å²) in [6.45, 7) is 2.36. The van der Waals surface area contributed by atoms with Crippen LogP contribution in [0.15, 0.2) is 72.8 Å². The van der Waals surface area contributed by atoms with Crippen molar-refractivity contribution >= 4 is 25.5 Å². The largest absolute Gasteiger partial charge is 0.0663 e. The Hall–Kier alpha value is -1.86. The average Bonchev–Trinajstić information content (AvgIpc) is 2.48. The van der Waals surface area contributed by atoms with Crippen molar-refractivity contribution < 1.29 is 0 Å². The van der Waals surface area contributed by atoms with Gasteiger partial charge in [-0.1, -0.05) is 84.9 Å². The first kappa shape index (κ1) is 12.2. The molecule has 0 N–H and O–H groups in total. The lowest BCUT2D eigenvalue weighted by atomic mass is 10.1. The molecule has 0 aliphatic heterocycles. The molecule has 3 rings (SSSR count). The number of rotatable bonds is 3. The van der Waals surface area contributed by atoms with Crippen LogP contribution in [0.2, 0.25) is 0 Å². The van der Waals surface area contributed by atoms with Gasteiger partial charge in [0.25, 0.3) is 0 Å². The molecule has 19 heavy (non-hydrogen) atoms. The lowest BCUT2D eigenvalue weighted by Crippen LogP contribution is -2.19. The molecule has 3 aromatic rings. The lowest BCUT2D eigenvalue weighted by Gasteiger charge is -2.12. The lowest BCUT2D eigenvalue weighted by molar-refractivity contribution is 1.08. The minimum Gasteiger partial charge on any atom is -0.0663 e. The monoisotopic (exact) mass is 262 g/mol. The van der Waals surface area contributed by atoms with Crippen LogP contribution in [0.1, 0.15) is 18.0 Å². The van der Waals surface area contributed by atoms with Crippen LogP contribution in [0.25, 0.3) is 10.8 Å². The van der Waals surface area contributed by atoms with Crippen LogP contribution in [0.4, 0.5) is 0 Å². The van der Waals surface area contributed by atoms with E-state index in [1.54, 1.807) is 5.19 Å². The van der Waals surface area contributed by atoms with E-state index in [0.29, 0.717) is 5.54 Å². The second kappa shape index (κ2) is 5.41. The second-order valence-corrected chi connectivity index (χ2v) is 7.65. The highest BCUT2D eigenvalue weighted by molar-refractivity contribution is 6.54. The van der Waals surface area contributed by atoms with Gasteiger partial charge in [0.1, 0.15) is 0 Å². The number of benzene rings is 3. The van der Waals surface area contributed by atoms with Crippen molar-refractivity contribution in [2.24, 2.45) is 0 Å². The molecule has 0 aromatic heterocycles. The van der Waals surface area contributed by atoms with Gasteiger partial charge in [-0.3, -0.25) is 0 Å². The van der Waals surface area contributed by atoms with E-state index in [4.69, 9.17) is 0 Å². The van der Waals surface area contributed by atoms with E-state index in [0.717, 1.165) is 0 Å². The Bertz CT molecular complexity index is 673. The molecule has 0 spiro atoms. The Labute approximate surface area is 116 Å². The first-order valence-electron chi connectivity index (χ1n) is 6.85. The van der Waals surface area contributed by atoms with Gasteiger partial charge in [-0.05, 0) is 21.9 Å². The highest BCUT2D eigenvalue weighted by Crippen LogP contribution is 2.20. The van der Waals surface area contributed by atoms with Crippen LogP contribution in [0.3, 0.4) is 0 Å². The molecule has 1 heteroatoms. The molecule has 0 fully saturated rings. The van der Waals surface area contributed by atoms with Gasteiger partial charge in [0, 0.05) is 0 Å². The normalized spacial score (nSPS) is 13.1. The summed E-state index contributed by atoms with van der Waals surface area (Å²) in [7, 11) is -0.252. The zero-order chi connectivity index (χ0) is 13.1. The molecular weight excluding hydrogens is 244 g/mol. The quantitative estimate of drug-likeness (QED) is 0.635. The standard InChI is InChI=1S/C18H18Si/c1-14(19-18-9-3-2-4-10-18)16-12-11-15-7-5-6-8-17(15)13-16/h2-14H,19H2,1H3/t14-/m0/s1. The Morgan fingerprint density at radius 2 is 1.42 bits per heavy atom. The van der Waals surface area contributed by atoms with E-state index in [1.807, 2.05) is 0 Å². The Morgan fingerprint density at radius 3 is 2.21 bits per heavy atom. The summed E-state index contributed by atoms with van der Waals surface area (Å²) in [5.74, 6) is 0. The molecule has 0 radical (unpaired) electrons. The van der Waals surface area contributed by atoms with Crippen molar-refractivity contribution in [1.82, 2.24) is 0 Å². The smallest absolute Gasteiger partial charge is 0.0620 e. The van der Waals surface area contributed by atoms with Gasteiger partial charge in [-0.2, -0.15) is 0 Å². The minimum absolute atomic E-state index is 0.252. The highest BCUT2D eigenvalue weighted by Gasteiger charge is 2.07. The van der Waals surface area contributed by atoms with Crippen LogP contribution in [0, 0.1) is 0 Å². The molecule has 94 valence electrons. The van der Waals surface area contributed by atoms with Crippen molar-refractivity contribution in [2.45, 2.75) is 12.5 Å². The van der Waals surface area contributed by atoms with Crippen molar-refractivity contribution in [3.05, 3.63) is 78.4 Å². The fourth-order valence-corrected chi connectivity index (χ4v) is 4.34. The first-order chi connectivity index (χ1) is 9.33. The molecule has 0 bridgehead atoms. The van der Waals surface area contributed by atoms with E-state index in [9.17, 15) is 0 Å². The Kier molecular flexibility index (Phi) is 3.47. The summed E-state index contributed by atoms with van der Waals surface area (Å²) in [6, 6.07) is 26.4. The molecule has 0 aliphatic rings. The predicted octanol–water partition coefficient (Wildman–Crippen LogP) is 3.40. The summed E-state index contributed by atoms with van der Waals surface area (Å²) in [5.41, 5.74) is 2.17. The van der Waals surface area contributed by atoms with Crippen molar-refractivity contribution in [2.75, 3.05) is 0 Å². The zero-order valence-electron chi connectivity index (χ0n) is 11.2. The molecule has 1 atom stereocenters. The van der Waals surface area contributed by atoms with Crippen LogP contribution in [0.5, 0.6) is 0 Å². The third-order valence-electron chi connectivity index (χ3n) is 3.73. The number of fused-ring (bicyclic) bond motifs is 1. The second-order valence-electron chi connectivity index (χ2n) is 5.20. The third kappa shape index (κ3) is 2.77. The molecule has 0 amide bonds. The first-order valence-corrected chi connectivity index (χ1v) is 8.38. The minimum atomic E-state index is -0.252. The van der Waals surface area contributed by atoms with Crippen LogP contribution < -0.4 is 5.19 Å². The number of hydrogen-bond acceptors (Lipinski definition) is 0. The van der Waals surface area contributed by atoms with Crippen LogP contribution in [-0.4, -0.2) is 9.52 Å². The van der Waals surface area contributed by atoms with E-state index in [2.05, 4.69) is 79.7 Å². The van der Waals surface area contributed by atoms with E-state index < -0.39 is 0 Å². The molecule has 3 aromatic carbocycles. The van der Waals surface area contributed by atoms with E-state index in [1.165, 1.54) is 16.3 Å². The third-order valence-corrected chi connectivity index (χ3v) is 5.75. The highest BCUT2D eigenvalue weighted by atomic mass is 28.2. The van der Waals surface area contributed by atoms with Gasteiger partial charge in [0.2, 0.25) is 0 Å². The fraction of sp³-hybridized carbons (Fsp3) is 0.111. The van der Waals surface area contributed by atoms with Crippen LogP contribution in [-0.2, 0) is 0 Å². The predicted molar refractivity (Wildman–Crippen MR) is 87.0 cm³/mol. The molecule has 0 saturated heterocycles. The van der Waals surface area contributed by atoms with E-state index >= 15 is 0 Å². The maximum atomic E-state index is 2.36. The summed E-state index contributed by atoms with van der Waals surface area (Å²) in [4.78, 5) is 0. The summed E-state index contributed by atoms with van der Waals surface area (Å²) in [6.07, 6.45) is 0. The van der Waals surface area contributed by atoms with Crippen molar-refractivity contribution in [3.63, 3.8) is 0 Å². The SMILES string of the molecule is C[C@H]([SiH2]c1ccccc1)c1ccc2ccccc2c1. The zero-order valence-corrected chi connectivity index (χ0v) is 12.6. The van der Waals surface area contributed by atoms with Gasteiger partial charge in [0.15, 0.2) is 0 Å². The Balaban J connectivity index is 1.87. The summed E-state index contributed by atoms with van der Waals surface area (Å²) >= 11 is 0. The maximum absolute atomic E-state index is 2.36. The molecular formula is C18H18Si. The Morgan fingerprint density at radius 1 is 0.737 bits per heavy atom. The van der Waals surface area contributed by atoms with Gasteiger partial charge < -0.3 is 0 Å². The molecule has 0 aliphatic carbocycles.